The normalized spacial score (nSPS) is 11.2. The van der Waals surface area contributed by atoms with Gasteiger partial charge in [0.1, 0.15) is 45.6 Å². The molecule has 6 aromatic heterocycles. The summed E-state index contributed by atoms with van der Waals surface area (Å²) in [6.07, 6.45) is 4.47. The molecule has 6 heterocycles. The summed E-state index contributed by atoms with van der Waals surface area (Å²) in [5.41, 5.74) is 20.6. The lowest BCUT2D eigenvalue weighted by molar-refractivity contribution is 0.0986. The van der Waals surface area contributed by atoms with Crippen LogP contribution < -0.4 is 38.5 Å². The first-order valence-electron chi connectivity index (χ1n) is 37.7. The molecule has 624 valence electrons. The minimum atomic E-state index is -0.767. The number of nitrogens with zero attached hydrogens (tertiary/aromatic N) is 15. The van der Waals surface area contributed by atoms with Gasteiger partial charge in [0, 0.05) is 62.3 Å². The summed E-state index contributed by atoms with van der Waals surface area (Å²) < 4.78 is 15.5. The Morgan fingerprint density at radius 1 is 0.421 bits per heavy atom. The summed E-state index contributed by atoms with van der Waals surface area (Å²) in [4.78, 5) is 95.2. The fourth-order valence-electron chi connectivity index (χ4n) is 12.5. The Morgan fingerprint density at radius 3 is 1.33 bits per heavy atom. The predicted octanol–water partition coefficient (Wildman–Crippen LogP) is 19.9. The second kappa shape index (κ2) is 38.2. The third kappa shape index (κ3) is 19.2. The maximum Gasteiger partial charge on any atom is 0.272 e. The fraction of sp³-hybridized carbons (Fsp3) is 0.0449. The lowest BCUT2D eigenvalue weighted by atomic mass is 10.0. The van der Waals surface area contributed by atoms with Crippen molar-refractivity contribution in [3.05, 3.63) is 316 Å². The lowest BCUT2D eigenvalue weighted by Gasteiger charge is -2.12. The van der Waals surface area contributed by atoms with Gasteiger partial charge < -0.3 is 67.9 Å². The number of para-hydroxylation sites is 3. The molecule has 37 heteroatoms. The first-order valence-corrected chi connectivity index (χ1v) is 39.3. The molecule has 0 radical (unpaired) electrons. The Labute approximate surface area is 720 Å². The molecular weight excluding hydrogens is 1650 g/mol. The number of phenols is 4. The number of azo groups is 4. The monoisotopic (exact) mass is 1720 g/mol. The summed E-state index contributed by atoms with van der Waals surface area (Å²) in [6.45, 7) is 6.98. The van der Waals surface area contributed by atoms with E-state index in [4.69, 9.17) is 26.2 Å². The molecule has 7 amide bonds. The Balaban J connectivity index is 0.000000137. The number of primary amides is 3. The van der Waals surface area contributed by atoms with Gasteiger partial charge in [0.2, 0.25) is 10.9 Å². The number of nitrogens with two attached hydrogens (primary N) is 3. The number of pyridine rings is 1. The van der Waals surface area contributed by atoms with Gasteiger partial charge in [0.25, 0.3) is 47.2 Å². The molecule has 17 aromatic rings. The number of hydrogen-bond acceptors (Lipinski definition) is 29. The highest BCUT2D eigenvalue weighted by molar-refractivity contribution is 7.12. The molecule has 11 aromatic carbocycles. The molecule has 0 saturated heterocycles. The smallest absolute Gasteiger partial charge is 0.272 e. The molecule has 0 aliphatic rings. The number of aromatic nitrogens is 7. The van der Waals surface area contributed by atoms with Crippen molar-refractivity contribution >= 4 is 175 Å². The van der Waals surface area contributed by atoms with Crippen LogP contribution >= 0.6 is 22.9 Å². The first-order chi connectivity index (χ1) is 61.0. The first kappa shape index (κ1) is 84.8. The fourth-order valence-corrected chi connectivity index (χ4v) is 13.9. The number of aromatic hydroxyl groups is 4. The van der Waals surface area contributed by atoms with Crippen molar-refractivity contribution in [3.63, 3.8) is 0 Å². The molecule has 35 nitrogen and oxygen atoms in total. The molecule has 0 fully saturated rings. The van der Waals surface area contributed by atoms with E-state index in [1.807, 2.05) is 49.4 Å². The second-order valence-corrected chi connectivity index (χ2v) is 28.7. The van der Waals surface area contributed by atoms with E-state index >= 15 is 0 Å². The molecule has 17 rings (SSSR count). The Kier molecular flexibility index (Phi) is 25.7. The van der Waals surface area contributed by atoms with Crippen LogP contribution in [0.25, 0.3) is 48.2 Å². The SMILES string of the molecule is Cc1cc(N=Nc2c(O)c(C(=O)Nc3ccccc3C(N)=O)cc3ccccc23)no1.Cc1noc(N=Nc2c(O)c(C(=O)Nc3ccccn3)cc3ccccc23)c1C.Cc1nsc(N=Nc2c(O)c(C(=O)Nc3ccccc3)cc3ccccc23)c1C(N)=O.NC(=O)c1c(N=Nc2c(O)c(C(=O)Nc3ccccc3)cc3ccccc23)cnn1-c1nccs1. The Bertz CT molecular complexity index is 7180. The van der Waals surface area contributed by atoms with Gasteiger partial charge in [0.05, 0.1) is 51.1 Å². The van der Waals surface area contributed by atoms with E-state index in [2.05, 4.69) is 91.9 Å². The molecule has 0 aliphatic carbocycles. The molecule has 14 N–H and O–H groups in total. The van der Waals surface area contributed by atoms with E-state index in [9.17, 15) is 54.0 Å². The number of nitrogens with one attached hydrogen (secondary N) is 4. The maximum atomic E-state index is 13.0. The van der Waals surface area contributed by atoms with E-state index < -0.39 is 41.4 Å². The number of carbonyl (C=O) groups is 7. The Morgan fingerprint density at radius 2 is 0.881 bits per heavy atom. The summed E-state index contributed by atoms with van der Waals surface area (Å²) in [7, 11) is 0. The zero-order chi connectivity index (χ0) is 88.7. The Hall–Kier alpha value is -17.6. The number of thiazole rings is 1. The van der Waals surface area contributed by atoms with Crippen molar-refractivity contribution in [2.75, 3.05) is 21.3 Å². The number of rotatable bonds is 20. The highest BCUT2D eigenvalue weighted by Crippen LogP contribution is 2.45. The third-order valence-electron chi connectivity index (χ3n) is 18.8. The topological polar surface area (TPSA) is 534 Å². The van der Waals surface area contributed by atoms with Crippen molar-refractivity contribution in [2.45, 2.75) is 27.7 Å². The van der Waals surface area contributed by atoms with Gasteiger partial charge in [-0.1, -0.05) is 162 Å². The van der Waals surface area contributed by atoms with Crippen LogP contribution in [0.4, 0.5) is 68.0 Å². The molecule has 0 unspecified atom stereocenters. The van der Waals surface area contributed by atoms with E-state index in [0.717, 1.165) is 22.5 Å². The number of amides is 7. The van der Waals surface area contributed by atoms with E-state index in [1.54, 1.807) is 214 Å². The molecule has 0 aliphatic heterocycles. The summed E-state index contributed by atoms with van der Waals surface area (Å²) >= 11 is 2.25. The summed E-state index contributed by atoms with van der Waals surface area (Å²) in [6, 6.07) is 65.9. The van der Waals surface area contributed by atoms with E-state index in [-0.39, 0.29) is 113 Å². The average molecular weight is 1720 g/mol. The van der Waals surface area contributed by atoms with Crippen LogP contribution in [0.5, 0.6) is 23.0 Å². The standard InChI is InChI=1S/C24H17N7O3S.C22H17N5O4.C22H17N5O3S.C21H17N5O3/c25-22(33)20-18(13-27-31(20)24-26-10-11-35-24)29-30-19-16-9-5-4-6-14(16)12-17(21(19)32)23(34)28-15-7-2-1-3-8-15;1-12-10-18(27-31-12)25-26-19-14-7-3-2-6-13(14)11-16(20(19)28)22(30)24-17-9-5-4-8-15(17)21(23)29;1-12-17(20(23)29)22(31-27-12)26-25-18-15-10-6-5-7-13(15)11-16(19(18)28)21(30)24-14-8-3-2-4-9-14;1-12-13(2)26-29-21(12)25-24-18-15-8-4-3-7-14(15)11-16(19(18)27)20(28)23-17-9-5-6-10-22-17/h1-13,32H,(H2,25,33)(H,28,34);2*2-11,28H,1H3,(H2,23,29)(H,24,30);3-11,27H,1-2H3,(H,22,23,28). The van der Waals surface area contributed by atoms with Crippen molar-refractivity contribution in [3.8, 4) is 28.1 Å². The lowest BCUT2D eigenvalue weighted by Crippen LogP contribution is -2.18. The molecule has 0 atom stereocenters. The van der Waals surface area contributed by atoms with Crippen LogP contribution in [0.1, 0.15) is 95.3 Å². The zero-order valence-corrected chi connectivity index (χ0v) is 68.1. The number of anilines is 4. The predicted molar refractivity (Wildman–Crippen MR) is 473 cm³/mol. The van der Waals surface area contributed by atoms with Crippen molar-refractivity contribution in [1.29, 1.82) is 0 Å². The average Bonchev–Trinajstić information content (AvgIpc) is 0.860. The highest BCUT2D eigenvalue weighted by atomic mass is 32.1. The highest BCUT2D eigenvalue weighted by Gasteiger charge is 2.27. The number of carbonyl (C=O) groups excluding carboxylic acids is 7. The number of benzene rings is 11. The quantitative estimate of drug-likeness (QED) is 0.0316. The molecule has 0 saturated carbocycles. The van der Waals surface area contributed by atoms with Gasteiger partial charge in [-0.3, -0.25) is 33.6 Å². The minimum absolute atomic E-state index is 0.00882. The number of aryl methyl sites for hydroxylation is 3. The largest absolute Gasteiger partial charge is 0.505 e. The van der Waals surface area contributed by atoms with Gasteiger partial charge in [-0.2, -0.15) is 14.2 Å². The van der Waals surface area contributed by atoms with Crippen LogP contribution in [-0.4, -0.2) is 96.2 Å². The molecular formula is C89H68N22O13S2. The van der Waals surface area contributed by atoms with Crippen LogP contribution in [0.15, 0.2) is 304 Å². The van der Waals surface area contributed by atoms with Crippen LogP contribution in [-0.2, 0) is 0 Å². The van der Waals surface area contributed by atoms with Gasteiger partial charge in [-0.05, 0) is 134 Å². The molecule has 0 bridgehead atoms. The van der Waals surface area contributed by atoms with Gasteiger partial charge in [0.15, 0.2) is 33.7 Å². The van der Waals surface area contributed by atoms with Crippen molar-refractivity contribution in [1.82, 2.24) is 34.4 Å². The molecule has 0 spiro atoms. The number of hydrogen-bond donors (Lipinski definition) is 11. The second-order valence-electron chi connectivity index (χ2n) is 27.1. The van der Waals surface area contributed by atoms with Gasteiger partial charge in [-0.15, -0.1) is 52.3 Å². The van der Waals surface area contributed by atoms with Gasteiger partial charge >= 0.3 is 0 Å². The van der Waals surface area contributed by atoms with Crippen molar-refractivity contribution in [2.24, 2.45) is 58.1 Å². The maximum absolute atomic E-state index is 13.0. The van der Waals surface area contributed by atoms with E-state index in [1.165, 1.54) is 34.3 Å². The van der Waals surface area contributed by atoms with Gasteiger partial charge in [-0.25, -0.2) is 9.97 Å². The zero-order valence-electron chi connectivity index (χ0n) is 66.5. The van der Waals surface area contributed by atoms with Crippen LogP contribution in [0.2, 0.25) is 0 Å². The van der Waals surface area contributed by atoms with Crippen LogP contribution in [0, 0.1) is 27.7 Å². The summed E-state index contributed by atoms with van der Waals surface area (Å²) in [5, 5.41) is 107. The van der Waals surface area contributed by atoms with Crippen LogP contribution in [0.3, 0.4) is 0 Å². The minimum Gasteiger partial charge on any atom is -0.505 e. The molecule has 126 heavy (non-hydrogen) atoms. The number of phenolic OH excluding ortho intramolecular Hbond substituents is 4. The van der Waals surface area contributed by atoms with Crippen molar-refractivity contribution < 1.29 is 63.0 Å². The summed E-state index contributed by atoms with van der Waals surface area (Å²) in [5.74, 6) is -4.16. The third-order valence-corrected chi connectivity index (χ3v) is 20.4. The number of fused-ring (bicyclic) bond motifs is 4. The van der Waals surface area contributed by atoms with E-state index in [0.29, 0.717) is 77.2 Å².